The van der Waals surface area contributed by atoms with Gasteiger partial charge in [0.2, 0.25) is 0 Å². The molecule has 1 fully saturated rings. The molecule has 1 aliphatic carbocycles. The summed E-state index contributed by atoms with van der Waals surface area (Å²) in [6.45, 7) is 2.95. The summed E-state index contributed by atoms with van der Waals surface area (Å²) in [5.74, 6) is 1.62. The van der Waals surface area contributed by atoms with Gasteiger partial charge in [0.05, 0.1) is 12.8 Å². The SMILES string of the molecule is CC1CCCCC1NC(=S)NCc1ccco1. The molecule has 2 N–H and O–H groups in total. The lowest BCUT2D eigenvalue weighted by atomic mass is 9.86. The maximum Gasteiger partial charge on any atom is 0.166 e. The number of hydrogen-bond acceptors (Lipinski definition) is 2. The molecule has 1 aromatic heterocycles. The molecule has 3 nitrogen and oxygen atoms in total. The fourth-order valence-corrected chi connectivity index (χ4v) is 2.55. The van der Waals surface area contributed by atoms with Crippen LogP contribution in [0.3, 0.4) is 0 Å². The van der Waals surface area contributed by atoms with E-state index in [1.54, 1.807) is 6.26 Å². The summed E-state index contributed by atoms with van der Waals surface area (Å²) in [5.41, 5.74) is 0. The first-order valence-electron chi connectivity index (χ1n) is 6.32. The minimum Gasteiger partial charge on any atom is -0.467 e. The standard InChI is InChI=1S/C13H20N2OS/c1-10-5-2-3-7-12(10)15-13(17)14-9-11-6-4-8-16-11/h4,6,8,10,12H,2-3,5,7,9H2,1H3,(H2,14,15,17). The van der Waals surface area contributed by atoms with Crippen LogP contribution < -0.4 is 10.6 Å². The molecule has 2 rings (SSSR count). The van der Waals surface area contributed by atoms with Crippen LogP contribution in [0.2, 0.25) is 0 Å². The van der Waals surface area contributed by atoms with E-state index in [1.165, 1.54) is 25.7 Å². The molecular formula is C13H20N2OS. The average Bonchev–Trinajstić information content (AvgIpc) is 2.82. The van der Waals surface area contributed by atoms with E-state index in [9.17, 15) is 0 Å². The molecule has 2 atom stereocenters. The zero-order chi connectivity index (χ0) is 12.1. The highest BCUT2D eigenvalue weighted by atomic mass is 32.1. The van der Waals surface area contributed by atoms with Crippen molar-refractivity contribution < 1.29 is 4.42 Å². The van der Waals surface area contributed by atoms with Crippen molar-refractivity contribution in [3.8, 4) is 0 Å². The van der Waals surface area contributed by atoms with Crippen LogP contribution in [-0.2, 0) is 6.54 Å². The molecule has 1 aromatic rings. The smallest absolute Gasteiger partial charge is 0.166 e. The molecule has 0 spiro atoms. The van der Waals surface area contributed by atoms with Gasteiger partial charge in [-0.1, -0.05) is 19.8 Å². The first kappa shape index (κ1) is 12.4. The molecule has 0 aliphatic heterocycles. The van der Waals surface area contributed by atoms with Crippen molar-refractivity contribution in [2.75, 3.05) is 0 Å². The molecule has 1 saturated carbocycles. The Kier molecular flexibility index (Phi) is 4.42. The van der Waals surface area contributed by atoms with Crippen LogP contribution in [0.1, 0.15) is 38.4 Å². The summed E-state index contributed by atoms with van der Waals surface area (Å²) in [6.07, 6.45) is 6.87. The minimum atomic E-state index is 0.528. The molecule has 0 radical (unpaired) electrons. The van der Waals surface area contributed by atoms with Gasteiger partial charge in [-0.2, -0.15) is 0 Å². The van der Waals surface area contributed by atoms with Gasteiger partial charge in [0.15, 0.2) is 5.11 Å². The van der Waals surface area contributed by atoms with Gasteiger partial charge in [-0.25, -0.2) is 0 Å². The maximum atomic E-state index is 5.30. The maximum absolute atomic E-state index is 5.30. The summed E-state index contributed by atoms with van der Waals surface area (Å²) in [6, 6.07) is 4.36. The lowest BCUT2D eigenvalue weighted by Gasteiger charge is -2.30. The van der Waals surface area contributed by atoms with Crippen molar-refractivity contribution >= 4 is 17.3 Å². The van der Waals surface area contributed by atoms with E-state index >= 15 is 0 Å². The van der Waals surface area contributed by atoms with Crippen molar-refractivity contribution in [1.29, 1.82) is 0 Å². The van der Waals surface area contributed by atoms with E-state index in [0.717, 1.165) is 10.9 Å². The molecule has 2 unspecified atom stereocenters. The quantitative estimate of drug-likeness (QED) is 0.811. The Morgan fingerprint density at radius 1 is 1.47 bits per heavy atom. The molecular weight excluding hydrogens is 232 g/mol. The highest BCUT2D eigenvalue weighted by Crippen LogP contribution is 2.23. The minimum absolute atomic E-state index is 0.528. The second-order valence-corrected chi connectivity index (χ2v) is 5.18. The van der Waals surface area contributed by atoms with Gasteiger partial charge < -0.3 is 15.1 Å². The van der Waals surface area contributed by atoms with Gasteiger partial charge in [0.25, 0.3) is 0 Å². The molecule has 0 aromatic carbocycles. The number of thiocarbonyl (C=S) groups is 1. The zero-order valence-electron chi connectivity index (χ0n) is 10.2. The van der Waals surface area contributed by atoms with E-state index in [4.69, 9.17) is 16.6 Å². The van der Waals surface area contributed by atoms with E-state index in [1.807, 2.05) is 12.1 Å². The highest BCUT2D eigenvalue weighted by molar-refractivity contribution is 7.80. The van der Waals surface area contributed by atoms with E-state index in [0.29, 0.717) is 18.5 Å². The van der Waals surface area contributed by atoms with Gasteiger partial charge in [-0.05, 0) is 43.1 Å². The van der Waals surface area contributed by atoms with Crippen LogP contribution in [0.15, 0.2) is 22.8 Å². The number of rotatable bonds is 3. The number of furan rings is 1. The molecule has 17 heavy (non-hydrogen) atoms. The van der Waals surface area contributed by atoms with Gasteiger partial charge >= 0.3 is 0 Å². The third-order valence-electron chi connectivity index (χ3n) is 3.43. The zero-order valence-corrected chi connectivity index (χ0v) is 11.1. The third kappa shape index (κ3) is 3.73. The summed E-state index contributed by atoms with van der Waals surface area (Å²) < 4.78 is 5.25. The first-order chi connectivity index (χ1) is 8.25. The van der Waals surface area contributed by atoms with Crippen LogP contribution >= 0.6 is 12.2 Å². The number of hydrogen-bond donors (Lipinski definition) is 2. The topological polar surface area (TPSA) is 37.2 Å². The van der Waals surface area contributed by atoms with Crippen LogP contribution in [0.5, 0.6) is 0 Å². The van der Waals surface area contributed by atoms with Crippen LogP contribution in [0.4, 0.5) is 0 Å². The first-order valence-corrected chi connectivity index (χ1v) is 6.73. The van der Waals surface area contributed by atoms with Crippen molar-refractivity contribution in [2.45, 2.75) is 45.2 Å². The highest BCUT2D eigenvalue weighted by Gasteiger charge is 2.21. The normalized spacial score (nSPS) is 24.3. The van der Waals surface area contributed by atoms with Gasteiger partial charge in [-0.3, -0.25) is 0 Å². The van der Waals surface area contributed by atoms with Crippen molar-refractivity contribution in [3.05, 3.63) is 24.2 Å². The Balaban J connectivity index is 1.73. The van der Waals surface area contributed by atoms with E-state index in [2.05, 4.69) is 17.6 Å². The molecule has 1 heterocycles. The second kappa shape index (κ2) is 6.05. The molecule has 4 heteroatoms. The fraction of sp³-hybridized carbons (Fsp3) is 0.615. The lowest BCUT2D eigenvalue weighted by Crippen LogP contribution is -2.45. The molecule has 0 amide bonds. The van der Waals surface area contributed by atoms with Gasteiger partial charge in [-0.15, -0.1) is 0 Å². The predicted molar refractivity (Wildman–Crippen MR) is 72.7 cm³/mol. The number of nitrogens with one attached hydrogen (secondary N) is 2. The molecule has 0 saturated heterocycles. The Labute approximate surface area is 108 Å². The predicted octanol–water partition coefficient (Wildman–Crippen LogP) is 2.82. The van der Waals surface area contributed by atoms with Crippen LogP contribution in [-0.4, -0.2) is 11.2 Å². The third-order valence-corrected chi connectivity index (χ3v) is 3.69. The summed E-state index contributed by atoms with van der Waals surface area (Å²) in [4.78, 5) is 0. The van der Waals surface area contributed by atoms with Gasteiger partial charge in [0, 0.05) is 6.04 Å². The largest absolute Gasteiger partial charge is 0.467 e. The van der Waals surface area contributed by atoms with Crippen LogP contribution in [0.25, 0.3) is 0 Å². The van der Waals surface area contributed by atoms with E-state index < -0.39 is 0 Å². The van der Waals surface area contributed by atoms with Crippen molar-refractivity contribution in [3.63, 3.8) is 0 Å². The monoisotopic (exact) mass is 252 g/mol. The molecule has 94 valence electrons. The Morgan fingerprint density at radius 3 is 3.00 bits per heavy atom. The lowest BCUT2D eigenvalue weighted by molar-refractivity contribution is 0.308. The van der Waals surface area contributed by atoms with Crippen molar-refractivity contribution in [1.82, 2.24) is 10.6 Å². The summed E-state index contributed by atoms with van der Waals surface area (Å²) in [5, 5.41) is 7.33. The summed E-state index contributed by atoms with van der Waals surface area (Å²) >= 11 is 5.30. The van der Waals surface area contributed by atoms with Gasteiger partial charge in [0.1, 0.15) is 5.76 Å². The van der Waals surface area contributed by atoms with E-state index in [-0.39, 0.29) is 0 Å². The Bertz CT molecular complexity index is 350. The van der Waals surface area contributed by atoms with Crippen LogP contribution in [0, 0.1) is 5.92 Å². The summed E-state index contributed by atoms with van der Waals surface area (Å²) in [7, 11) is 0. The van der Waals surface area contributed by atoms with Crippen molar-refractivity contribution in [2.24, 2.45) is 5.92 Å². The fourth-order valence-electron chi connectivity index (χ4n) is 2.33. The Hall–Kier alpha value is -1.03. The molecule has 1 aliphatic rings. The Morgan fingerprint density at radius 2 is 2.29 bits per heavy atom. The average molecular weight is 252 g/mol. The molecule has 0 bridgehead atoms. The second-order valence-electron chi connectivity index (χ2n) is 4.77.